The SMILES string of the molecule is Nc1ccc(-c2nc(-c3ccc(F)c(F)c3)no2)cc1Cl. The van der Waals surface area contributed by atoms with Gasteiger partial charge in [0.2, 0.25) is 5.82 Å². The second kappa shape index (κ2) is 5.14. The molecule has 0 amide bonds. The zero-order valence-electron chi connectivity index (χ0n) is 10.5. The smallest absolute Gasteiger partial charge is 0.258 e. The topological polar surface area (TPSA) is 64.9 Å². The van der Waals surface area contributed by atoms with E-state index in [1.165, 1.54) is 6.07 Å². The molecule has 0 unspecified atom stereocenters. The number of nitrogen functional groups attached to an aromatic ring is 1. The summed E-state index contributed by atoms with van der Waals surface area (Å²) in [7, 11) is 0. The minimum atomic E-state index is -0.977. The number of aromatic nitrogens is 2. The average Bonchev–Trinajstić information content (AvgIpc) is 2.94. The van der Waals surface area contributed by atoms with Crippen LogP contribution in [0.15, 0.2) is 40.9 Å². The molecule has 3 rings (SSSR count). The predicted molar refractivity (Wildman–Crippen MR) is 74.5 cm³/mol. The fourth-order valence-corrected chi connectivity index (χ4v) is 1.93. The summed E-state index contributed by atoms with van der Waals surface area (Å²) in [4.78, 5) is 4.13. The zero-order valence-corrected chi connectivity index (χ0v) is 11.2. The van der Waals surface area contributed by atoms with Crippen molar-refractivity contribution in [3.8, 4) is 22.8 Å². The monoisotopic (exact) mass is 307 g/mol. The number of anilines is 1. The van der Waals surface area contributed by atoms with E-state index < -0.39 is 11.6 Å². The van der Waals surface area contributed by atoms with Gasteiger partial charge in [0.1, 0.15) is 0 Å². The van der Waals surface area contributed by atoms with Crippen molar-refractivity contribution in [3.63, 3.8) is 0 Å². The highest BCUT2D eigenvalue weighted by molar-refractivity contribution is 6.33. The normalized spacial score (nSPS) is 10.8. The van der Waals surface area contributed by atoms with Crippen molar-refractivity contribution in [1.82, 2.24) is 10.1 Å². The second-order valence-electron chi connectivity index (χ2n) is 4.29. The molecule has 2 N–H and O–H groups in total. The van der Waals surface area contributed by atoms with Crippen LogP contribution in [0.5, 0.6) is 0 Å². The van der Waals surface area contributed by atoms with Crippen LogP contribution in [-0.4, -0.2) is 10.1 Å². The Morgan fingerprint density at radius 1 is 1.00 bits per heavy atom. The van der Waals surface area contributed by atoms with Crippen molar-refractivity contribution in [2.75, 3.05) is 5.73 Å². The number of halogens is 3. The van der Waals surface area contributed by atoms with Crippen LogP contribution in [0, 0.1) is 11.6 Å². The van der Waals surface area contributed by atoms with Crippen LogP contribution in [0.25, 0.3) is 22.8 Å². The summed E-state index contributed by atoms with van der Waals surface area (Å²) in [6.45, 7) is 0. The van der Waals surface area contributed by atoms with Gasteiger partial charge in [-0.15, -0.1) is 0 Å². The summed E-state index contributed by atoms with van der Waals surface area (Å²) in [5.41, 5.74) is 6.94. The molecule has 0 saturated heterocycles. The molecule has 0 spiro atoms. The first-order chi connectivity index (χ1) is 10.0. The predicted octanol–water partition coefficient (Wildman–Crippen LogP) is 3.92. The molecule has 0 aliphatic carbocycles. The molecule has 0 aliphatic heterocycles. The third-order valence-electron chi connectivity index (χ3n) is 2.85. The Morgan fingerprint density at radius 2 is 1.76 bits per heavy atom. The maximum Gasteiger partial charge on any atom is 0.258 e. The highest BCUT2D eigenvalue weighted by Gasteiger charge is 2.13. The minimum Gasteiger partial charge on any atom is -0.398 e. The average molecular weight is 308 g/mol. The highest BCUT2D eigenvalue weighted by Crippen LogP contribution is 2.27. The zero-order chi connectivity index (χ0) is 15.0. The molecule has 0 aliphatic rings. The van der Waals surface area contributed by atoms with Crippen LogP contribution in [-0.2, 0) is 0 Å². The Morgan fingerprint density at radius 3 is 2.48 bits per heavy atom. The third kappa shape index (κ3) is 2.57. The number of hydrogen-bond donors (Lipinski definition) is 1. The lowest BCUT2D eigenvalue weighted by molar-refractivity contribution is 0.432. The highest BCUT2D eigenvalue weighted by atomic mass is 35.5. The molecule has 106 valence electrons. The summed E-state index contributed by atoms with van der Waals surface area (Å²) in [6, 6.07) is 8.23. The standard InChI is InChI=1S/C14H8ClF2N3O/c15-9-5-8(2-4-12(9)18)14-19-13(20-21-14)7-1-3-10(16)11(17)6-7/h1-6H,18H2. The fourth-order valence-electron chi connectivity index (χ4n) is 1.75. The Bertz CT molecular complexity index is 754. The number of nitrogens with two attached hydrogens (primary N) is 1. The molecule has 3 aromatic rings. The lowest BCUT2D eigenvalue weighted by Crippen LogP contribution is -1.88. The van der Waals surface area contributed by atoms with E-state index in [9.17, 15) is 8.78 Å². The molecule has 0 atom stereocenters. The lowest BCUT2D eigenvalue weighted by Gasteiger charge is -1.98. The maximum absolute atomic E-state index is 13.2. The number of hydrogen-bond acceptors (Lipinski definition) is 4. The first-order valence-electron chi connectivity index (χ1n) is 5.89. The summed E-state index contributed by atoms with van der Waals surface area (Å²) in [5.74, 6) is -1.56. The van der Waals surface area contributed by atoms with Gasteiger partial charge in [-0.3, -0.25) is 0 Å². The van der Waals surface area contributed by atoms with Gasteiger partial charge in [-0.25, -0.2) is 8.78 Å². The van der Waals surface area contributed by atoms with Crippen LogP contribution in [0.2, 0.25) is 5.02 Å². The van der Waals surface area contributed by atoms with E-state index in [1.54, 1.807) is 18.2 Å². The molecular formula is C14H8ClF2N3O. The van der Waals surface area contributed by atoms with Crippen LogP contribution in [0.4, 0.5) is 14.5 Å². The van der Waals surface area contributed by atoms with E-state index in [2.05, 4.69) is 10.1 Å². The third-order valence-corrected chi connectivity index (χ3v) is 3.18. The van der Waals surface area contributed by atoms with Gasteiger partial charge in [0.15, 0.2) is 11.6 Å². The van der Waals surface area contributed by atoms with Gasteiger partial charge in [0, 0.05) is 11.1 Å². The number of nitrogens with zero attached hydrogens (tertiary/aromatic N) is 2. The van der Waals surface area contributed by atoms with E-state index in [4.69, 9.17) is 21.9 Å². The molecule has 0 bridgehead atoms. The molecular weight excluding hydrogens is 300 g/mol. The summed E-state index contributed by atoms with van der Waals surface area (Å²) < 4.78 is 31.2. The largest absolute Gasteiger partial charge is 0.398 e. The van der Waals surface area contributed by atoms with Crippen molar-refractivity contribution in [2.45, 2.75) is 0 Å². The molecule has 0 fully saturated rings. The lowest BCUT2D eigenvalue weighted by atomic mass is 10.2. The Kier molecular flexibility index (Phi) is 3.31. The molecule has 0 saturated carbocycles. The Balaban J connectivity index is 1.99. The molecule has 21 heavy (non-hydrogen) atoms. The van der Waals surface area contributed by atoms with E-state index in [0.29, 0.717) is 21.8 Å². The van der Waals surface area contributed by atoms with Crippen LogP contribution in [0.1, 0.15) is 0 Å². The van der Waals surface area contributed by atoms with Gasteiger partial charge >= 0.3 is 0 Å². The molecule has 2 aromatic carbocycles. The molecule has 4 nitrogen and oxygen atoms in total. The van der Waals surface area contributed by atoms with E-state index in [-0.39, 0.29) is 11.7 Å². The molecule has 7 heteroatoms. The van der Waals surface area contributed by atoms with E-state index in [0.717, 1.165) is 12.1 Å². The fraction of sp³-hybridized carbons (Fsp3) is 0. The van der Waals surface area contributed by atoms with Gasteiger partial charge in [0.25, 0.3) is 5.89 Å². The first-order valence-corrected chi connectivity index (χ1v) is 6.27. The van der Waals surface area contributed by atoms with Crippen molar-refractivity contribution < 1.29 is 13.3 Å². The molecule has 1 heterocycles. The number of benzene rings is 2. The van der Waals surface area contributed by atoms with E-state index in [1.807, 2.05) is 0 Å². The maximum atomic E-state index is 13.2. The van der Waals surface area contributed by atoms with Crippen LogP contribution in [0.3, 0.4) is 0 Å². The van der Waals surface area contributed by atoms with Crippen molar-refractivity contribution in [2.24, 2.45) is 0 Å². The molecule has 1 aromatic heterocycles. The van der Waals surface area contributed by atoms with Gasteiger partial charge in [0.05, 0.1) is 10.7 Å². The van der Waals surface area contributed by atoms with Gasteiger partial charge < -0.3 is 10.3 Å². The Hall–Kier alpha value is -2.47. The van der Waals surface area contributed by atoms with Crippen molar-refractivity contribution >= 4 is 17.3 Å². The summed E-state index contributed by atoms with van der Waals surface area (Å²) >= 11 is 5.92. The minimum absolute atomic E-state index is 0.150. The van der Waals surface area contributed by atoms with Crippen molar-refractivity contribution in [1.29, 1.82) is 0 Å². The van der Waals surface area contributed by atoms with Crippen molar-refractivity contribution in [3.05, 3.63) is 53.1 Å². The van der Waals surface area contributed by atoms with Gasteiger partial charge in [-0.1, -0.05) is 16.8 Å². The van der Waals surface area contributed by atoms with Gasteiger partial charge in [-0.05, 0) is 36.4 Å². The Labute approximate surface area is 123 Å². The second-order valence-corrected chi connectivity index (χ2v) is 4.70. The first kappa shape index (κ1) is 13.5. The van der Waals surface area contributed by atoms with Crippen LogP contribution < -0.4 is 5.73 Å². The molecule has 0 radical (unpaired) electrons. The van der Waals surface area contributed by atoms with E-state index >= 15 is 0 Å². The summed E-state index contributed by atoms with van der Waals surface area (Å²) in [6.07, 6.45) is 0. The summed E-state index contributed by atoms with van der Waals surface area (Å²) in [5, 5.41) is 4.10. The van der Waals surface area contributed by atoms with Gasteiger partial charge in [-0.2, -0.15) is 4.98 Å². The number of rotatable bonds is 2. The quantitative estimate of drug-likeness (QED) is 0.729. The van der Waals surface area contributed by atoms with Crippen LogP contribution >= 0.6 is 11.6 Å².